The van der Waals surface area contributed by atoms with Gasteiger partial charge >= 0.3 is 0 Å². The van der Waals surface area contributed by atoms with Gasteiger partial charge in [-0.05, 0) is 25.3 Å². The summed E-state index contributed by atoms with van der Waals surface area (Å²) in [6.45, 7) is 2.15. The Hall–Kier alpha value is -0.340. The van der Waals surface area contributed by atoms with E-state index in [4.69, 9.17) is 4.74 Å². The van der Waals surface area contributed by atoms with Crippen LogP contribution >= 0.6 is 15.9 Å². The summed E-state index contributed by atoms with van der Waals surface area (Å²) < 4.78 is 6.29. The fourth-order valence-electron chi connectivity index (χ4n) is 2.47. The molecule has 0 aromatic heterocycles. The molecule has 1 nitrogen and oxygen atoms in total. The Morgan fingerprint density at radius 3 is 2.44 bits per heavy atom. The van der Waals surface area contributed by atoms with E-state index in [1.165, 1.54) is 31.2 Å². The molecule has 1 fully saturated rings. The first-order valence-corrected chi connectivity index (χ1v) is 7.17. The standard InChI is InChI=1S/C14H19BrO/c1-12(13-7-3-2-4-8-13)16-14(11-15)9-5-6-10-14/h2-4,7-8,12H,5-6,9-11H2,1H3. The van der Waals surface area contributed by atoms with Crippen LogP contribution in [-0.2, 0) is 4.74 Å². The predicted molar refractivity (Wildman–Crippen MR) is 70.9 cm³/mol. The SMILES string of the molecule is CC(OC1(CBr)CCCC1)c1ccccc1. The van der Waals surface area contributed by atoms with Crippen molar-refractivity contribution in [2.24, 2.45) is 0 Å². The van der Waals surface area contributed by atoms with Gasteiger partial charge < -0.3 is 4.74 Å². The van der Waals surface area contributed by atoms with Crippen LogP contribution in [0.15, 0.2) is 30.3 Å². The van der Waals surface area contributed by atoms with Crippen molar-refractivity contribution in [2.45, 2.75) is 44.3 Å². The Labute approximate surface area is 106 Å². The van der Waals surface area contributed by atoms with E-state index in [9.17, 15) is 0 Å². The first-order chi connectivity index (χ1) is 7.76. The highest BCUT2D eigenvalue weighted by Crippen LogP contribution is 2.38. The van der Waals surface area contributed by atoms with Crippen LogP contribution in [0.5, 0.6) is 0 Å². The normalized spacial score (nSPS) is 20.9. The smallest absolute Gasteiger partial charge is 0.0804 e. The lowest BCUT2D eigenvalue weighted by atomic mass is 10.0. The average Bonchev–Trinajstić information content (AvgIpc) is 2.79. The van der Waals surface area contributed by atoms with E-state index in [0.29, 0.717) is 0 Å². The van der Waals surface area contributed by atoms with Gasteiger partial charge in [0, 0.05) is 5.33 Å². The molecule has 2 heteroatoms. The van der Waals surface area contributed by atoms with Crippen molar-refractivity contribution in [3.63, 3.8) is 0 Å². The molecule has 0 radical (unpaired) electrons. The summed E-state index contributed by atoms with van der Waals surface area (Å²) in [7, 11) is 0. The third-order valence-electron chi connectivity index (χ3n) is 3.45. The van der Waals surface area contributed by atoms with E-state index in [0.717, 1.165) is 5.33 Å². The zero-order valence-electron chi connectivity index (χ0n) is 9.79. The second kappa shape index (κ2) is 5.33. The van der Waals surface area contributed by atoms with Crippen LogP contribution in [0.2, 0.25) is 0 Å². The molecule has 1 aliphatic rings. The van der Waals surface area contributed by atoms with Crippen LogP contribution in [0, 0.1) is 0 Å². The van der Waals surface area contributed by atoms with E-state index >= 15 is 0 Å². The van der Waals surface area contributed by atoms with Crippen molar-refractivity contribution in [3.05, 3.63) is 35.9 Å². The molecule has 1 aromatic carbocycles. The van der Waals surface area contributed by atoms with Crippen LogP contribution in [0.3, 0.4) is 0 Å². The third-order valence-corrected chi connectivity index (χ3v) is 4.48. The van der Waals surface area contributed by atoms with E-state index < -0.39 is 0 Å². The second-order valence-electron chi connectivity index (χ2n) is 4.69. The summed E-state index contributed by atoms with van der Waals surface area (Å²) in [4.78, 5) is 0. The summed E-state index contributed by atoms with van der Waals surface area (Å²) in [5.74, 6) is 0. The molecule has 1 atom stereocenters. The molecular formula is C14H19BrO. The third kappa shape index (κ3) is 2.67. The monoisotopic (exact) mass is 282 g/mol. The van der Waals surface area contributed by atoms with E-state index in [1.54, 1.807) is 0 Å². The minimum absolute atomic E-state index is 0.0786. The highest BCUT2D eigenvalue weighted by atomic mass is 79.9. The quantitative estimate of drug-likeness (QED) is 0.741. The first kappa shape index (κ1) is 12.1. The molecule has 1 aromatic rings. The Balaban J connectivity index is 2.03. The van der Waals surface area contributed by atoms with Crippen LogP contribution < -0.4 is 0 Å². The Morgan fingerprint density at radius 2 is 1.88 bits per heavy atom. The molecule has 0 saturated heterocycles. The van der Waals surface area contributed by atoms with Gasteiger partial charge in [-0.1, -0.05) is 59.1 Å². The number of alkyl halides is 1. The lowest BCUT2D eigenvalue weighted by Crippen LogP contribution is -2.32. The van der Waals surface area contributed by atoms with Gasteiger partial charge in [-0.3, -0.25) is 0 Å². The molecular weight excluding hydrogens is 264 g/mol. The summed E-state index contributed by atoms with van der Waals surface area (Å²) in [6, 6.07) is 10.5. The second-order valence-corrected chi connectivity index (χ2v) is 5.26. The average molecular weight is 283 g/mol. The lowest BCUT2D eigenvalue weighted by Gasteiger charge is -2.31. The number of benzene rings is 1. The van der Waals surface area contributed by atoms with Gasteiger partial charge in [0.2, 0.25) is 0 Å². The molecule has 0 aliphatic heterocycles. The largest absolute Gasteiger partial charge is 0.367 e. The number of hydrogen-bond donors (Lipinski definition) is 0. The summed E-state index contributed by atoms with van der Waals surface area (Å²) in [5.41, 5.74) is 1.35. The maximum Gasteiger partial charge on any atom is 0.0804 e. The van der Waals surface area contributed by atoms with Crippen molar-refractivity contribution in [1.82, 2.24) is 0 Å². The first-order valence-electron chi connectivity index (χ1n) is 6.04. The van der Waals surface area contributed by atoms with Gasteiger partial charge in [0.15, 0.2) is 0 Å². The maximum absolute atomic E-state index is 6.29. The van der Waals surface area contributed by atoms with Gasteiger partial charge in [-0.2, -0.15) is 0 Å². The number of hydrogen-bond acceptors (Lipinski definition) is 1. The Kier molecular flexibility index (Phi) is 4.04. The van der Waals surface area contributed by atoms with Crippen molar-refractivity contribution in [3.8, 4) is 0 Å². The zero-order chi connectivity index (χ0) is 11.4. The Morgan fingerprint density at radius 1 is 1.25 bits per heavy atom. The number of ether oxygens (including phenoxy) is 1. The molecule has 0 bridgehead atoms. The molecule has 1 unspecified atom stereocenters. The minimum atomic E-state index is 0.0786. The van der Waals surface area contributed by atoms with Gasteiger partial charge in [-0.15, -0.1) is 0 Å². The van der Waals surface area contributed by atoms with Crippen LogP contribution in [-0.4, -0.2) is 10.9 Å². The van der Waals surface area contributed by atoms with E-state index in [1.807, 2.05) is 6.07 Å². The van der Waals surface area contributed by atoms with E-state index in [-0.39, 0.29) is 11.7 Å². The van der Waals surface area contributed by atoms with Gasteiger partial charge in [0.25, 0.3) is 0 Å². The fourth-order valence-corrected chi connectivity index (χ4v) is 3.16. The topological polar surface area (TPSA) is 9.23 Å². The van der Waals surface area contributed by atoms with Gasteiger partial charge in [-0.25, -0.2) is 0 Å². The van der Waals surface area contributed by atoms with Gasteiger partial charge in [0.1, 0.15) is 0 Å². The van der Waals surface area contributed by atoms with E-state index in [2.05, 4.69) is 47.1 Å². The van der Waals surface area contributed by atoms with Crippen molar-refractivity contribution in [1.29, 1.82) is 0 Å². The number of rotatable bonds is 4. The van der Waals surface area contributed by atoms with Crippen LogP contribution in [0.4, 0.5) is 0 Å². The summed E-state index contributed by atoms with van der Waals surface area (Å²) in [5, 5.41) is 0.956. The van der Waals surface area contributed by atoms with Crippen molar-refractivity contribution in [2.75, 3.05) is 5.33 Å². The minimum Gasteiger partial charge on any atom is -0.367 e. The van der Waals surface area contributed by atoms with Crippen LogP contribution in [0.25, 0.3) is 0 Å². The van der Waals surface area contributed by atoms with Crippen molar-refractivity contribution < 1.29 is 4.74 Å². The molecule has 2 rings (SSSR count). The van der Waals surface area contributed by atoms with Crippen molar-refractivity contribution >= 4 is 15.9 Å². The molecule has 0 amide bonds. The molecule has 88 valence electrons. The fraction of sp³-hybridized carbons (Fsp3) is 0.571. The molecule has 0 spiro atoms. The maximum atomic E-state index is 6.29. The molecule has 0 heterocycles. The highest BCUT2D eigenvalue weighted by molar-refractivity contribution is 9.09. The highest BCUT2D eigenvalue weighted by Gasteiger charge is 2.35. The lowest BCUT2D eigenvalue weighted by molar-refractivity contribution is -0.0686. The molecule has 16 heavy (non-hydrogen) atoms. The molecule has 0 N–H and O–H groups in total. The summed E-state index contributed by atoms with van der Waals surface area (Å²) >= 11 is 3.61. The zero-order valence-corrected chi connectivity index (χ0v) is 11.4. The summed E-state index contributed by atoms with van der Waals surface area (Å²) in [6.07, 6.45) is 5.17. The molecule has 1 aliphatic carbocycles. The van der Waals surface area contributed by atoms with Crippen LogP contribution in [0.1, 0.15) is 44.3 Å². The number of halogens is 1. The predicted octanol–water partition coefficient (Wildman–Crippen LogP) is 4.47. The van der Waals surface area contributed by atoms with Gasteiger partial charge in [0.05, 0.1) is 11.7 Å². The Bertz CT molecular complexity index is 317. The molecule has 1 saturated carbocycles.